The van der Waals surface area contributed by atoms with Crippen LogP contribution in [0.25, 0.3) is 0 Å². The highest BCUT2D eigenvalue weighted by Crippen LogP contribution is 2.33. The third-order valence-corrected chi connectivity index (χ3v) is 3.72. The van der Waals surface area contributed by atoms with Crippen LogP contribution in [0.2, 0.25) is 0 Å². The van der Waals surface area contributed by atoms with Crippen molar-refractivity contribution in [2.24, 2.45) is 17.3 Å². The minimum atomic E-state index is -0.0632. The fourth-order valence-electron chi connectivity index (χ4n) is 2.45. The Labute approximate surface area is 106 Å². The molecule has 0 N–H and O–H groups in total. The van der Waals surface area contributed by atoms with Crippen molar-refractivity contribution in [2.45, 2.75) is 41.0 Å². The minimum absolute atomic E-state index is 0.00586. The first kappa shape index (κ1) is 14.5. The van der Waals surface area contributed by atoms with Gasteiger partial charge in [0.2, 0.25) is 0 Å². The summed E-state index contributed by atoms with van der Waals surface area (Å²) in [5, 5.41) is 0. The maximum atomic E-state index is 11.6. The van der Waals surface area contributed by atoms with Gasteiger partial charge in [-0.2, -0.15) is 0 Å². The molecule has 2 atom stereocenters. The first-order chi connectivity index (χ1) is 7.84. The lowest BCUT2D eigenvalue weighted by molar-refractivity contribution is -0.147. The second-order valence-corrected chi connectivity index (χ2v) is 6.26. The predicted octanol–water partition coefficient (Wildman–Crippen LogP) is 2.55. The molecular formula is C14H27NO2. The Morgan fingerprint density at radius 1 is 1.47 bits per heavy atom. The summed E-state index contributed by atoms with van der Waals surface area (Å²) >= 11 is 0. The van der Waals surface area contributed by atoms with Gasteiger partial charge in [-0.25, -0.2) is 0 Å². The van der Waals surface area contributed by atoms with Gasteiger partial charge in [0.05, 0.1) is 12.5 Å². The number of hydrogen-bond acceptors (Lipinski definition) is 3. The van der Waals surface area contributed by atoms with E-state index in [9.17, 15) is 4.79 Å². The summed E-state index contributed by atoms with van der Waals surface area (Å²) in [5.74, 6) is 0.678. The highest BCUT2D eigenvalue weighted by molar-refractivity contribution is 5.72. The quantitative estimate of drug-likeness (QED) is 0.708. The van der Waals surface area contributed by atoms with Crippen molar-refractivity contribution < 1.29 is 9.53 Å². The van der Waals surface area contributed by atoms with E-state index in [2.05, 4.69) is 25.7 Å². The normalized spacial score (nSPS) is 23.7. The van der Waals surface area contributed by atoms with Gasteiger partial charge < -0.3 is 9.64 Å². The van der Waals surface area contributed by atoms with Gasteiger partial charge in [-0.3, -0.25) is 4.79 Å². The van der Waals surface area contributed by atoms with E-state index in [1.165, 1.54) is 6.42 Å². The van der Waals surface area contributed by atoms with Gasteiger partial charge in [-0.15, -0.1) is 0 Å². The van der Waals surface area contributed by atoms with Crippen LogP contribution in [0.4, 0.5) is 0 Å². The second-order valence-electron chi connectivity index (χ2n) is 6.26. The van der Waals surface area contributed by atoms with E-state index >= 15 is 0 Å². The molecule has 0 saturated carbocycles. The summed E-state index contributed by atoms with van der Waals surface area (Å²) in [6.45, 7) is 14.3. The highest BCUT2D eigenvalue weighted by Gasteiger charge is 2.32. The minimum Gasteiger partial charge on any atom is -0.466 e. The Hall–Kier alpha value is -0.570. The zero-order valence-corrected chi connectivity index (χ0v) is 12.0. The van der Waals surface area contributed by atoms with Gasteiger partial charge in [0.15, 0.2) is 0 Å². The van der Waals surface area contributed by atoms with E-state index in [0.717, 1.165) is 25.6 Å². The van der Waals surface area contributed by atoms with Crippen LogP contribution >= 0.6 is 0 Å². The maximum Gasteiger partial charge on any atom is 0.309 e. The number of ether oxygens (including phenoxy) is 1. The Morgan fingerprint density at radius 3 is 2.59 bits per heavy atom. The van der Waals surface area contributed by atoms with Crippen LogP contribution in [0, 0.1) is 17.3 Å². The van der Waals surface area contributed by atoms with Crippen LogP contribution in [-0.4, -0.2) is 37.1 Å². The average molecular weight is 241 g/mol. The summed E-state index contributed by atoms with van der Waals surface area (Å²) < 4.78 is 5.04. The third kappa shape index (κ3) is 4.30. The number of likely N-dealkylation sites (tertiary alicyclic amines) is 1. The Balaban J connectivity index is 2.37. The van der Waals surface area contributed by atoms with E-state index < -0.39 is 0 Å². The van der Waals surface area contributed by atoms with Crippen molar-refractivity contribution in [3.05, 3.63) is 0 Å². The number of carbonyl (C=O) groups excluding carboxylic acids is 1. The van der Waals surface area contributed by atoms with E-state index in [1.807, 2.05) is 13.8 Å². The molecule has 0 bridgehead atoms. The van der Waals surface area contributed by atoms with Gasteiger partial charge >= 0.3 is 5.97 Å². The number of rotatable bonds is 4. The van der Waals surface area contributed by atoms with E-state index in [4.69, 9.17) is 4.74 Å². The van der Waals surface area contributed by atoms with Gasteiger partial charge in [0.1, 0.15) is 0 Å². The van der Waals surface area contributed by atoms with E-state index in [0.29, 0.717) is 12.0 Å². The summed E-state index contributed by atoms with van der Waals surface area (Å²) in [7, 11) is 0. The van der Waals surface area contributed by atoms with Gasteiger partial charge in [0.25, 0.3) is 0 Å². The standard InChI is InChI=1S/C14H27NO2/c1-6-17-13(16)11(2)9-15-8-7-12(10-15)14(3,4)5/h11-12H,6-10H2,1-5H3. The Morgan fingerprint density at radius 2 is 2.12 bits per heavy atom. The number of esters is 1. The zero-order valence-electron chi connectivity index (χ0n) is 12.0. The predicted molar refractivity (Wildman–Crippen MR) is 69.8 cm³/mol. The van der Waals surface area contributed by atoms with Crippen molar-refractivity contribution in [3.8, 4) is 0 Å². The van der Waals surface area contributed by atoms with E-state index in [1.54, 1.807) is 0 Å². The fourth-order valence-corrected chi connectivity index (χ4v) is 2.45. The lowest BCUT2D eigenvalue weighted by Crippen LogP contribution is -2.32. The molecule has 0 radical (unpaired) electrons. The smallest absolute Gasteiger partial charge is 0.309 e. The molecule has 3 nitrogen and oxygen atoms in total. The molecule has 0 amide bonds. The van der Waals surface area contributed by atoms with Crippen LogP contribution in [-0.2, 0) is 9.53 Å². The molecule has 1 aliphatic rings. The van der Waals surface area contributed by atoms with Crippen LogP contribution < -0.4 is 0 Å². The van der Waals surface area contributed by atoms with Gasteiger partial charge in [-0.1, -0.05) is 27.7 Å². The first-order valence-corrected chi connectivity index (χ1v) is 6.73. The molecule has 17 heavy (non-hydrogen) atoms. The molecular weight excluding hydrogens is 214 g/mol. The molecule has 0 aliphatic carbocycles. The molecule has 1 fully saturated rings. The summed E-state index contributed by atoms with van der Waals surface area (Å²) in [4.78, 5) is 14.0. The molecule has 3 heteroatoms. The molecule has 1 heterocycles. The summed E-state index contributed by atoms with van der Waals surface area (Å²) in [6.07, 6.45) is 1.25. The van der Waals surface area contributed by atoms with Crippen molar-refractivity contribution in [2.75, 3.05) is 26.2 Å². The Kier molecular flexibility index (Phi) is 4.99. The van der Waals surface area contributed by atoms with Crippen molar-refractivity contribution in [1.82, 2.24) is 4.90 Å². The largest absolute Gasteiger partial charge is 0.466 e. The molecule has 0 spiro atoms. The molecule has 100 valence electrons. The van der Waals surface area contributed by atoms with Crippen LogP contribution in [0.15, 0.2) is 0 Å². The van der Waals surface area contributed by atoms with Crippen molar-refractivity contribution >= 4 is 5.97 Å². The number of nitrogens with zero attached hydrogens (tertiary/aromatic N) is 1. The fraction of sp³-hybridized carbons (Fsp3) is 0.929. The Bertz CT molecular complexity index is 257. The van der Waals surface area contributed by atoms with Crippen molar-refractivity contribution in [1.29, 1.82) is 0 Å². The van der Waals surface area contributed by atoms with Crippen LogP contribution in [0.5, 0.6) is 0 Å². The van der Waals surface area contributed by atoms with Gasteiger partial charge in [0, 0.05) is 13.1 Å². The molecule has 2 unspecified atom stereocenters. The van der Waals surface area contributed by atoms with Crippen molar-refractivity contribution in [3.63, 3.8) is 0 Å². The first-order valence-electron chi connectivity index (χ1n) is 6.73. The van der Waals surface area contributed by atoms with Gasteiger partial charge in [-0.05, 0) is 31.2 Å². The summed E-state index contributed by atoms with van der Waals surface area (Å²) in [5.41, 5.74) is 0.377. The molecule has 1 aliphatic heterocycles. The molecule has 0 aromatic carbocycles. The SMILES string of the molecule is CCOC(=O)C(C)CN1CCC(C(C)(C)C)C1. The zero-order chi connectivity index (χ0) is 13.1. The van der Waals surface area contributed by atoms with Crippen LogP contribution in [0.3, 0.4) is 0 Å². The topological polar surface area (TPSA) is 29.5 Å². The molecule has 0 aromatic rings. The number of hydrogen-bond donors (Lipinski definition) is 0. The molecule has 0 aromatic heterocycles. The monoisotopic (exact) mass is 241 g/mol. The lowest BCUT2D eigenvalue weighted by Gasteiger charge is -2.27. The summed E-state index contributed by atoms with van der Waals surface area (Å²) in [6, 6.07) is 0. The lowest BCUT2D eigenvalue weighted by atomic mass is 9.80. The van der Waals surface area contributed by atoms with E-state index in [-0.39, 0.29) is 11.9 Å². The maximum absolute atomic E-state index is 11.6. The second kappa shape index (κ2) is 5.85. The van der Waals surface area contributed by atoms with Crippen LogP contribution in [0.1, 0.15) is 41.0 Å². The average Bonchev–Trinajstić information content (AvgIpc) is 2.66. The molecule has 1 saturated heterocycles. The highest BCUT2D eigenvalue weighted by atomic mass is 16.5. The number of carbonyl (C=O) groups is 1. The molecule has 1 rings (SSSR count). The third-order valence-electron chi connectivity index (χ3n) is 3.72.